The number of aromatic nitrogens is 2. The fraction of sp³-hybridized carbons (Fsp3) is 0.500. The minimum atomic E-state index is -0.868. The summed E-state index contributed by atoms with van der Waals surface area (Å²) in [4.78, 5) is 13.3. The van der Waals surface area contributed by atoms with Gasteiger partial charge in [0.1, 0.15) is 6.20 Å². The molecule has 1 aromatic rings. The van der Waals surface area contributed by atoms with E-state index in [4.69, 9.17) is 0 Å². The Hall–Kier alpha value is -1.43. The molecule has 6 nitrogen and oxygen atoms in total. The van der Waals surface area contributed by atoms with Crippen molar-refractivity contribution in [3.63, 3.8) is 0 Å². The molecule has 1 heterocycles. The molecule has 0 saturated carbocycles. The van der Waals surface area contributed by atoms with Crippen LogP contribution >= 0.6 is 0 Å². The fourth-order valence-corrected chi connectivity index (χ4v) is 0.865. The normalized spacial score (nSPS) is 12.8. The van der Waals surface area contributed by atoms with E-state index in [0.717, 1.165) is 10.8 Å². The molecule has 0 aliphatic carbocycles. The quantitative estimate of drug-likeness (QED) is 0.535. The Morgan fingerprint density at radius 2 is 2.58 bits per heavy atom. The molecule has 1 unspecified atom stereocenters. The first-order valence-electron chi connectivity index (χ1n) is 3.51. The van der Waals surface area contributed by atoms with Crippen molar-refractivity contribution in [2.75, 3.05) is 0 Å². The summed E-state index contributed by atoms with van der Waals surface area (Å²) < 4.78 is 1.12. The third kappa shape index (κ3) is 1.42. The van der Waals surface area contributed by atoms with Crippen LogP contribution in [0.25, 0.3) is 0 Å². The van der Waals surface area contributed by atoms with E-state index in [0.29, 0.717) is 6.42 Å². The van der Waals surface area contributed by atoms with E-state index in [-0.39, 0.29) is 5.82 Å². The van der Waals surface area contributed by atoms with Crippen molar-refractivity contribution in [3.8, 4) is 0 Å². The fourth-order valence-electron chi connectivity index (χ4n) is 0.865. The molecule has 1 rings (SSSR count). The molecule has 1 atom stereocenters. The molecule has 0 spiro atoms. The molecular formula is C6H9N3O3. The second kappa shape index (κ2) is 3.31. The summed E-state index contributed by atoms with van der Waals surface area (Å²) >= 11 is 0. The van der Waals surface area contributed by atoms with E-state index in [1.807, 2.05) is 0 Å². The lowest BCUT2D eigenvalue weighted by Crippen LogP contribution is -2.08. The highest BCUT2D eigenvalue weighted by molar-refractivity contribution is 5.15. The van der Waals surface area contributed by atoms with E-state index in [2.05, 4.69) is 4.98 Å². The van der Waals surface area contributed by atoms with Crippen LogP contribution in [-0.4, -0.2) is 19.6 Å². The summed E-state index contributed by atoms with van der Waals surface area (Å²) in [5.41, 5.74) is 0. The Kier molecular flexibility index (Phi) is 2.39. The van der Waals surface area contributed by atoms with Gasteiger partial charge >= 0.3 is 5.82 Å². The second-order valence-corrected chi connectivity index (χ2v) is 2.31. The van der Waals surface area contributed by atoms with E-state index < -0.39 is 11.2 Å². The number of aliphatic hydroxyl groups excluding tert-OH is 1. The standard InChI is InChI=1S/C6H9N3O3/c1-2-6(10)8-4-7-3-5(8)9(11)12/h3-4,6,10H,2H2,1H3. The van der Waals surface area contributed by atoms with Crippen molar-refractivity contribution >= 4 is 5.82 Å². The first kappa shape index (κ1) is 8.66. The smallest absolute Gasteiger partial charge is 0.344 e. The van der Waals surface area contributed by atoms with E-state index in [1.54, 1.807) is 6.92 Å². The first-order chi connectivity index (χ1) is 5.66. The van der Waals surface area contributed by atoms with Crippen molar-refractivity contribution in [1.82, 2.24) is 9.55 Å². The minimum Gasteiger partial charge on any atom is -0.358 e. The predicted molar refractivity (Wildman–Crippen MR) is 40.4 cm³/mol. The highest BCUT2D eigenvalue weighted by Gasteiger charge is 2.18. The number of rotatable bonds is 3. The molecule has 0 fully saturated rings. The van der Waals surface area contributed by atoms with Crippen LogP contribution in [0, 0.1) is 10.1 Å². The average Bonchev–Trinajstić information content (AvgIpc) is 2.50. The summed E-state index contributed by atoms with van der Waals surface area (Å²) in [6.45, 7) is 1.73. The molecule has 1 aromatic heterocycles. The highest BCUT2D eigenvalue weighted by Crippen LogP contribution is 2.16. The van der Waals surface area contributed by atoms with Crippen molar-refractivity contribution in [3.05, 3.63) is 22.6 Å². The van der Waals surface area contributed by atoms with Gasteiger partial charge in [-0.05, 0) is 4.92 Å². The highest BCUT2D eigenvalue weighted by atomic mass is 16.6. The van der Waals surface area contributed by atoms with Crippen LogP contribution < -0.4 is 0 Å². The number of nitro groups is 1. The number of aliphatic hydroxyl groups is 1. The SMILES string of the molecule is CCC(O)n1cncc1[N+](=O)[O-]. The monoisotopic (exact) mass is 171 g/mol. The van der Waals surface area contributed by atoms with Crippen molar-refractivity contribution in [2.45, 2.75) is 19.6 Å². The molecule has 0 bridgehead atoms. The molecule has 0 radical (unpaired) electrons. The van der Waals surface area contributed by atoms with Gasteiger partial charge in [0.25, 0.3) is 0 Å². The third-order valence-electron chi connectivity index (χ3n) is 1.52. The number of imidazole rings is 1. The molecule has 0 aliphatic rings. The van der Waals surface area contributed by atoms with Gasteiger partial charge in [0.05, 0.1) is 0 Å². The Bertz CT molecular complexity index is 283. The zero-order valence-electron chi connectivity index (χ0n) is 6.54. The summed E-state index contributed by atoms with van der Waals surface area (Å²) in [6, 6.07) is 0. The van der Waals surface area contributed by atoms with E-state index in [9.17, 15) is 15.2 Å². The van der Waals surface area contributed by atoms with Gasteiger partial charge in [-0.2, -0.15) is 4.57 Å². The molecule has 12 heavy (non-hydrogen) atoms. The molecule has 0 aliphatic heterocycles. The number of nitrogens with zero attached hydrogens (tertiary/aromatic N) is 3. The number of hydrogen-bond acceptors (Lipinski definition) is 4. The van der Waals surface area contributed by atoms with Gasteiger partial charge in [0.2, 0.25) is 6.23 Å². The molecule has 0 saturated heterocycles. The number of hydrogen-bond donors (Lipinski definition) is 1. The van der Waals surface area contributed by atoms with Crippen molar-refractivity contribution in [2.24, 2.45) is 0 Å². The lowest BCUT2D eigenvalue weighted by atomic mass is 10.4. The second-order valence-electron chi connectivity index (χ2n) is 2.31. The maximum atomic E-state index is 10.3. The lowest BCUT2D eigenvalue weighted by Gasteiger charge is -2.04. The van der Waals surface area contributed by atoms with Gasteiger partial charge < -0.3 is 15.2 Å². The maximum absolute atomic E-state index is 10.3. The zero-order chi connectivity index (χ0) is 9.14. The third-order valence-corrected chi connectivity index (χ3v) is 1.52. The molecular weight excluding hydrogens is 162 g/mol. The molecule has 0 aromatic carbocycles. The summed E-state index contributed by atoms with van der Waals surface area (Å²) in [5.74, 6) is -0.190. The first-order valence-corrected chi connectivity index (χ1v) is 3.51. The van der Waals surface area contributed by atoms with E-state index in [1.165, 1.54) is 6.33 Å². The van der Waals surface area contributed by atoms with Crippen LogP contribution in [0.1, 0.15) is 19.6 Å². The summed E-state index contributed by atoms with van der Waals surface area (Å²) in [5, 5.41) is 19.6. The lowest BCUT2D eigenvalue weighted by molar-refractivity contribution is -0.393. The van der Waals surface area contributed by atoms with Crippen LogP contribution in [0.5, 0.6) is 0 Å². The Morgan fingerprint density at radius 1 is 1.92 bits per heavy atom. The Labute approximate surface area is 68.6 Å². The molecule has 1 N–H and O–H groups in total. The average molecular weight is 171 g/mol. The Morgan fingerprint density at radius 3 is 3.08 bits per heavy atom. The molecule has 6 heteroatoms. The van der Waals surface area contributed by atoms with Gasteiger partial charge in [0.15, 0.2) is 6.33 Å². The van der Waals surface area contributed by atoms with Crippen LogP contribution in [0.15, 0.2) is 12.5 Å². The van der Waals surface area contributed by atoms with E-state index >= 15 is 0 Å². The minimum absolute atomic E-state index is 0.190. The van der Waals surface area contributed by atoms with Crippen molar-refractivity contribution < 1.29 is 10.0 Å². The predicted octanol–water partition coefficient (Wildman–Crippen LogP) is 0.692. The maximum Gasteiger partial charge on any atom is 0.344 e. The van der Waals surface area contributed by atoms with Gasteiger partial charge in [-0.25, -0.2) is 4.98 Å². The van der Waals surface area contributed by atoms with Gasteiger partial charge in [-0.3, -0.25) is 0 Å². The van der Waals surface area contributed by atoms with Gasteiger partial charge in [0, 0.05) is 6.42 Å². The Balaban J connectivity index is 2.98. The largest absolute Gasteiger partial charge is 0.358 e. The van der Waals surface area contributed by atoms with Crippen molar-refractivity contribution in [1.29, 1.82) is 0 Å². The van der Waals surface area contributed by atoms with Crippen LogP contribution in [0.3, 0.4) is 0 Å². The summed E-state index contributed by atoms with van der Waals surface area (Å²) in [6.07, 6.45) is 1.90. The summed E-state index contributed by atoms with van der Waals surface area (Å²) in [7, 11) is 0. The zero-order valence-corrected chi connectivity index (χ0v) is 6.54. The van der Waals surface area contributed by atoms with Crippen LogP contribution in [0.4, 0.5) is 5.82 Å². The van der Waals surface area contributed by atoms with Gasteiger partial charge in [-0.1, -0.05) is 6.92 Å². The van der Waals surface area contributed by atoms with Crippen LogP contribution in [0.2, 0.25) is 0 Å². The molecule has 0 amide bonds. The topological polar surface area (TPSA) is 81.2 Å². The molecule has 66 valence electrons. The van der Waals surface area contributed by atoms with Gasteiger partial charge in [-0.15, -0.1) is 0 Å². The van der Waals surface area contributed by atoms with Crippen LogP contribution in [-0.2, 0) is 0 Å².